The minimum absolute atomic E-state index is 0.0605. The van der Waals surface area contributed by atoms with Crippen molar-refractivity contribution in [1.29, 1.82) is 0 Å². The summed E-state index contributed by atoms with van der Waals surface area (Å²) in [6.45, 7) is 6.73. The number of esters is 3. The van der Waals surface area contributed by atoms with E-state index in [9.17, 15) is 14.4 Å². The largest absolute Gasteiger partial charge is 0.462 e. The number of carbonyl (C=O) groups is 3. The van der Waals surface area contributed by atoms with E-state index in [0.717, 1.165) is 57.8 Å². The van der Waals surface area contributed by atoms with Gasteiger partial charge in [-0.3, -0.25) is 14.4 Å². The van der Waals surface area contributed by atoms with Crippen molar-refractivity contribution >= 4 is 17.9 Å². The van der Waals surface area contributed by atoms with E-state index >= 15 is 0 Å². The number of hydrogen-bond donors (Lipinski definition) is 0. The highest BCUT2D eigenvalue weighted by Gasteiger charge is 2.20. The maximum absolute atomic E-state index is 12.9. The highest BCUT2D eigenvalue weighted by atomic mass is 16.6. The van der Waals surface area contributed by atoms with Crippen LogP contribution in [0.1, 0.15) is 438 Å². The molecule has 476 valence electrons. The molecule has 0 spiro atoms. The van der Waals surface area contributed by atoms with Gasteiger partial charge in [0.05, 0.1) is 0 Å². The zero-order valence-corrected chi connectivity index (χ0v) is 54.9. The highest BCUT2D eigenvalue weighted by molar-refractivity contribution is 5.71. The third kappa shape index (κ3) is 67.2. The van der Waals surface area contributed by atoms with Gasteiger partial charge in [0.25, 0.3) is 0 Å². The molecule has 0 aliphatic carbocycles. The van der Waals surface area contributed by atoms with Crippen molar-refractivity contribution in [2.45, 2.75) is 444 Å². The maximum atomic E-state index is 12.9. The molecular formula is C74H144O6. The molecule has 0 aliphatic rings. The second kappa shape index (κ2) is 69.9. The van der Waals surface area contributed by atoms with Crippen LogP contribution in [0.15, 0.2) is 0 Å². The van der Waals surface area contributed by atoms with Crippen molar-refractivity contribution in [2.75, 3.05) is 13.2 Å². The van der Waals surface area contributed by atoms with Gasteiger partial charge in [0.1, 0.15) is 13.2 Å². The van der Waals surface area contributed by atoms with Gasteiger partial charge >= 0.3 is 17.9 Å². The zero-order valence-electron chi connectivity index (χ0n) is 54.9. The van der Waals surface area contributed by atoms with E-state index in [1.54, 1.807) is 0 Å². The summed E-state index contributed by atoms with van der Waals surface area (Å²) in [5.74, 6) is -0.823. The van der Waals surface area contributed by atoms with E-state index in [4.69, 9.17) is 14.2 Å². The van der Waals surface area contributed by atoms with E-state index < -0.39 is 6.10 Å². The van der Waals surface area contributed by atoms with Crippen molar-refractivity contribution < 1.29 is 28.6 Å². The van der Waals surface area contributed by atoms with Gasteiger partial charge in [0.2, 0.25) is 0 Å². The smallest absolute Gasteiger partial charge is 0.306 e. The van der Waals surface area contributed by atoms with Crippen LogP contribution in [0.5, 0.6) is 0 Å². The summed E-state index contributed by atoms with van der Waals surface area (Å²) in [5, 5.41) is 0. The van der Waals surface area contributed by atoms with Crippen LogP contribution in [0.3, 0.4) is 0 Å². The Morgan fingerprint density at radius 2 is 0.338 bits per heavy atom. The fourth-order valence-electron chi connectivity index (χ4n) is 11.8. The lowest BCUT2D eigenvalue weighted by molar-refractivity contribution is -0.167. The first kappa shape index (κ1) is 78.4. The fraction of sp³-hybridized carbons (Fsp3) is 0.959. The molecule has 0 saturated heterocycles. The van der Waals surface area contributed by atoms with Crippen molar-refractivity contribution in [3.63, 3.8) is 0 Å². The topological polar surface area (TPSA) is 78.9 Å². The van der Waals surface area contributed by atoms with Crippen molar-refractivity contribution in [3.8, 4) is 0 Å². The molecule has 0 fully saturated rings. The van der Waals surface area contributed by atoms with E-state index in [2.05, 4.69) is 20.8 Å². The van der Waals surface area contributed by atoms with Gasteiger partial charge in [-0.25, -0.2) is 0 Å². The first-order chi connectivity index (χ1) is 39.5. The molecule has 0 N–H and O–H groups in total. The summed E-state index contributed by atoms with van der Waals surface area (Å²) in [6.07, 6.45) is 83.1. The average molecular weight is 1130 g/mol. The van der Waals surface area contributed by atoms with Gasteiger partial charge in [0.15, 0.2) is 6.10 Å². The molecule has 0 aromatic rings. The average Bonchev–Trinajstić information content (AvgIpc) is 3.46. The predicted molar refractivity (Wildman–Crippen MR) is 349 cm³/mol. The van der Waals surface area contributed by atoms with Gasteiger partial charge in [-0.15, -0.1) is 0 Å². The number of unbranched alkanes of at least 4 members (excludes halogenated alkanes) is 59. The van der Waals surface area contributed by atoms with Crippen LogP contribution in [-0.4, -0.2) is 37.2 Å². The molecular weight excluding hydrogens is 985 g/mol. The molecule has 80 heavy (non-hydrogen) atoms. The monoisotopic (exact) mass is 1130 g/mol. The van der Waals surface area contributed by atoms with Gasteiger partial charge in [-0.05, 0) is 19.3 Å². The van der Waals surface area contributed by atoms with Crippen LogP contribution in [0, 0.1) is 0 Å². The van der Waals surface area contributed by atoms with E-state index in [1.165, 1.54) is 340 Å². The summed E-state index contributed by atoms with van der Waals surface area (Å²) >= 11 is 0. The molecule has 0 bridgehead atoms. The predicted octanol–water partition coefficient (Wildman–Crippen LogP) is 25.4. The Kier molecular flexibility index (Phi) is 68.5. The first-order valence-corrected chi connectivity index (χ1v) is 37.0. The second-order valence-corrected chi connectivity index (χ2v) is 25.6. The second-order valence-electron chi connectivity index (χ2n) is 25.6. The SMILES string of the molecule is CCCCCCCCCCCCCCCCCCCCCCCCCCCCCCCCCC(=O)OCC(COC(=O)CCCCCCCCCCCC)OC(=O)CCCCCCCCCCCCCCCCCCCCCCC. The molecule has 0 rings (SSSR count). The van der Waals surface area contributed by atoms with E-state index in [-0.39, 0.29) is 31.1 Å². The number of rotatable bonds is 70. The van der Waals surface area contributed by atoms with Crippen LogP contribution in [0.25, 0.3) is 0 Å². The lowest BCUT2D eigenvalue weighted by Gasteiger charge is -2.18. The molecule has 0 amide bonds. The molecule has 0 heterocycles. The standard InChI is InChI=1S/C74H144O6/c1-4-7-10-13-16-19-22-24-26-28-30-32-33-34-35-36-37-38-39-40-41-43-44-46-48-50-52-55-58-61-64-67-73(76)79-70-71(69-78-72(75)66-63-60-57-54-21-18-15-12-9-6-3)80-74(77)68-65-62-59-56-53-51-49-47-45-42-31-29-27-25-23-20-17-14-11-8-5-2/h71H,4-70H2,1-3H3. The molecule has 0 saturated carbocycles. The third-order valence-electron chi connectivity index (χ3n) is 17.4. The van der Waals surface area contributed by atoms with Crippen LogP contribution >= 0.6 is 0 Å². The van der Waals surface area contributed by atoms with Crippen LogP contribution in [0.4, 0.5) is 0 Å². The van der Waals surface area contributed by atoms with Crippen LogP contribution in [0.2, 0.25) is 0 Å². The van der Waals surface area contributed by atoms with Gasteiger partial charge < -0.3 is 14.2 Å². The molecule has 1 unspecified atom stereocenters. The van der Waals surface area contributed by atoms with E-state index in [1.807, 2.05) is 0 Å². The summed E-state index contributed by atoms with van der Waals surface area (Å²) in [5.41, 5.74) is 0. The lowest BCUT2D eigenvalue weighted by Crippen LogP contribution is -2.30. The van der Waals surface area contributed by atoms with Crippen molar-refractivity contribution in [3.05, 3.63) is 0 Å². The summed E-state index contributed by atoms with van der Waals surface area (Å²) in [7, 11) is 0. The highest BCUT2D eigenvalue weighted by Crippen LogP contribution is 2.20. The number of hydrogen-bond acceptors (Lipinski definition) is 6. The normalized spacial score (nSPS) is 11.9. The Labute approximate surface area is 501 Å². The Morgan fingerprint density at radius 3 is 0.500 bits per heavy atom. The molecule has 1 atom stereocenters. The molecule has 0 aromatic heterocycles. The molecule has 6 nitrogen and oxygen atoms in total. The number of carbonyl (C=O) groups excluding carboxylic acids is 3. The summed E-state index contributed by atoms with van der Waals surface area (Å²) in [4.78, 5) is 38.3. The summed E-state index contributed by atoms with van der Waals surface area (Å²) < 4.78 is 17.0. The minimum atomic E-state index is -0.763. The Morgan fingerprint density at radius 1 is 0.200 bits per heavy atom. The lowest BCUT2D eigenvalue weighted by atomic mass is 10.0. The van der Waals surface area contributed by atoms with Crippen molar-refractivity contribution in [2.24, 2.45) is 0 Å². The Hall–Kier alpha value is -1.59. The molecule has 6 heteroatoms. The maximum Gasteiger partial charge on any atom is 0.306 e. The number of ether oxygens (including phenoxy) is 3. The third-order valence-corrected chi connectivity index (χ3v) is 17.4. The molecule has 0 radical (unpaired) electrons. The molecule has 0 aliphatic heterocycles. The summed E-state index contributed by atoms with van der Waals surface area (Å²) in [6, 6.07) is 0. The van der Waals surface area contributed by atoms with Gasteiger partial charge in [0, 0.05) is 19.3 Å². The Balaban J connectivity index is 4.04. The zero-order chi connectivity index (χ0) is 57.8. The minimum Gasteiger partial charge on any atom is -0.462 e. The van der Waals surface area contributed by atoms with Crippen LogP contribution < -0.4 is 0 Å². The van der Waals surface area contributed by atoms with Gasteiger partial charge in [-0.2, -0.15) is 0 Å². The molecule has 0 aromatic carbocycles. The van der Waals surface area contributed by atoms with Crippen LogP contribution in [-0.2, 0) is 28.6 Å². The van der Waals surface area contributed by atoms with E-state index in [0.29, 0.717) is 19.3 Å². The fourth-order valence-corrected chi connectivity index (χ4v) is 11.8. The van der Waals surface area contributed by atoms with Gasteiger partial charge in [-0.1, -0.05) is 400 Å². The quantitative estimate of drug-likeness (QED) is 0.0343. The van der Waals surface area contributed by atoms with Crippen molar-refractivity contribution in [1.82, 2.24) is 0 Å². The first-order valence-electron chi connectivity index (χ1n) is 37.0. The Bertz CT molecular complexity index is 1200.